The highest BCUT2D eigenvalue weighted by Gasteiger charge is 2.54. The number of urea groups is 1. The molecular weight excluding hydrogens is 452 g/mol. The van der Waals surface area contributed by atoms with E-state index in [0.29, 0.717) is 5.75 Å². The Labute approximate surface area is 206 Å². The number of carbonyl (C=O) groups excluding carboxylic acids is 1. The van der Waals surface area contributed by atoms with Crippen molar-refractivity contribution < 1.29 is 23.0 Å². The molecule has 0 bridgehead atoms. The summed E-state index contributed by atoms with van der Waals surface area (Å²) >= 11 is 0. The summed E-state index contributed by atoms with van der Waals surface area (Å²) in [5.74, 6) is -0.498. The molecule has 1 aliphatic carbocycles. The molecule has 0 unspecified atom stereocenters. The van der Waals surface area contributed by atoms with Crippen LogP contribution < -0.4 is 20.1 Å². The standard InChI is InChI=1S/C27H35F2N3O3/c1-5-10-26(31-25(33)30-19-7-8-20(28)21(29)16-19)11-12-27(13-14-32(2)24(27)17-26)18-6-9-22(34-3)23(15-18)35-4/h6-9,15-16,24H,5,10-14,17H2,1-4H3,(H2,30,31,33)/t24-,26-,27-/m0/s1. The number of anilines is 1. The van der Waals surface area contributed by atoms with Crippen molar-refractivity contribution in [3.63, 3.8) is 0 Å². The largest absolute Gasteiger partial charge is 0.493 e. The molecule has 35 heavy (non-hydrogen) atoms. The van der Waals surface area contributed by atoms with Crippen LogP contribution in [0.2, 0.25) is 0 Å². The van der Waals surface area contributed by atoms with Gasteiger partial charge in [-0.2, -0.15) is 0 Å². The quantitative estimate of drug-likeness (QED) is 0.544. The minimum absolute atomic E-state index is 0.0379. The fourth-order valence-electron chi connectivity index (χ4n) is 6.18. The molecule has 0 spiro atoms. The molecule has 190 valence electrons. The first-order chi connectivity index (χ1) is 16.8. The molecule has 0 radical (unpaired) electrons. The predicted molar refractivity (Wildman–Crippen MR) is 132 cm³/mol. The Hall–Kier alpha value is -2.87. The molecule has 1 saturated carbocycles. The van der Waals surface area contributed by atoms with Crippen LogP contribution in [0.1, 0.15) is 51.0 Å². The Morgan fingerprint density at radius 1 is 1.06 bits per heavy atom. The lowest BCUT2D eigenvalue weighted by Gasteiger charge is -2.50. The summed E-state index contributed by atoms with van der Waals surface area (Å²) in [7, 11) is 5.44. The van der Waals surface area contributed by atoms with Crippen molar-refractivity contribution in [1.82, 2.24) is 10.2 Å². The first-order valence-corrected chi connectivity index (χ1v) is 12.2. The highest BCUT2D eigenvalue weighted by Crippen LogP contribution is 2.53. The van der Waals surface area contributed by atoms with Gasteiger partial charge in [0.05, 0.1) is 14.2 Å². The maximum Gasteiger partial charge on any atom is 0.319 e. The van der Waals surface area contributed by atoms with Crippen LogP contribution in [0.3, 0.4) is 0 Å². The molecule has 6 nitrogen and oxygen atoms in total. The second-order valence-corrected chi connectivity index (χ2v) is 9.91. The van der Waals surface area contributed by atoms with Crippen LogP contribution >= 0.6 is 0 Å². The Bertz CT molecular complexity index is 1080. The van der Waals surface area contributed by atoms with Crippen molar-refractivity contribution in [3.8, 4) is 11.5 Å². The van der Waals surface area contributed by atoms with Crippen LogP contribution in [0.5, 0.6) is 11.5 Å². The van der Waals surface area contributed by atoms with Gasteiger partial charge in [0.25, 0.3) is 0 Å². The van der Waals surface area contributed by atoms with Gasteiger partial charge in [0, 0.05) is 28.7 Å². The Morgan fingerprint density at radius 2 is 1.83 bits per heavy atom. The Kier molecular flexibility index (Phi) is 7.22. The van der Waals surface area contributed by atoms with E-state index in [1.165, 1.54) is 11.6 Å². The normalized spacial score (nSPS) is 26.2. The first-order valence-electron chi connectivity index (χ1n) is 12.2. The van der Waals surface area contributed by atoms with Crippen LogP contribution in [0.4, 0.5) is 19.3 Å². The minimum Gasteiger partial charge on any atom is -0.493 e. The van der Waals surface area contributed by atoms with Gasteiger partial charge in [-0.3, -0.25) is 0 Å². The zero-order valence-corrected chi connectivity index (χ0v) is 20.9. The summed E-state index contributed by atoms with van der Waals surface area (Å²) in [4.78, 5) is 15.4. The van der Waals surface area contributed by atoms with E-state index in [0.717, 1.165) is 63.0 Å². The number of nitrogens with one attached hydrogen (secondary N) is 2. The monoisotopic (exact) mass is 487 g/mol. The van der Waals surface area contributed by atoms with Crippen LogP contribution in [-0.2, 0) is 5.41 Å². The zero-order valence-electron chi connectivity index (χ0n) is 20.9. The zero-order chi connectivity index (χ0) is 25.2. The number of amides is 2. The number of hydrogen-bond acceptors (Lipinski definition) is 4. The van der Waals surface area contributed by atoms with Crippen molar-refractivity contribution in [2.75, 3.05) is 33.1 Å². The summed E-state index contributed by atoms with van der Waals surface area (Å²) in [5, 5.41) is 5.90. The fraction of sp³-hybridized carbons (Fsp3) is 0.519. The molecular formula is C27H35F2N3O3. The van der Waals surface area contributed by atoms with Crippen molar-refractivity contribution in [1.29, 1.82) is 0 Å². The molecule has 1 saturated heterocycles. The van der Waals surface area contributed by atoms with Crippen molar-refractivity contribution >= 4 is 11.7 Å². The van der Waals surface area contributed by atoms with Crippen molar-refractivity contribution in [3.05, 3.63) is 53.6 Å². The molecule has 2 N–H and O–H groups in total. The van der Waals surface area contributed by atoms with Crippen molar-refractivity contribution in [2.24, 2.45) is 0 Å². The number of likely N-dealkylation sites (tertiary alicyclic amines) is 1. The van der Waals surface area contributed by atoms with Crippen LogP contribution in [-0.4, -0.2) is 50.3 Å². The van der Waals surface area contributed by atoms with E-state index in [9.17, 15) is 13.6 Å². The van der Waals surface area contributed by atoms with Crippen LogP contribution in [0.25, 0.3) is 0 Å². The fourth-order valence-corrected chi connectivity index (χ4v) is 6.18. The van der Waals surface area contributed by atoms with Crippen LogP contribution in [0, 0.1) is 11.6 Å². The molecule has 2 aromatic carbocycles. The molecule has 3 atom stereocenters. The lowest BCUT2D eigenvalue weighted by atomic mass is 9.60. The lowest BCUT2D eigenvalue weighted by Crippen LogP contribution is -2.60. The van der Waals surface area contributed by atoms with Crippen molar-refractivity contribution in [2.45, 2.75) is 62.4 Å². The van der Waals surface area contributed by atoms with E-state index in [1.807, 2.05) is 6.07 Å². The molecule has 8 heteroatoms. The predicted octanol–water partition coefficient (Wildman–Crippen LogP) is 5.47. The Balaban J connectivity index is 1.58. The number of hydrogen-bond donors (Lipinski definition) is 2. The molecule has 1 heterocycles. The van der Waals surface area contributed by atoms with Gasteiger partial charge in [0.1, 0.15) is 0 Å². The van der Waals surface area contributed by atoms with Crippen LogP contribution in [0.15, 0.2) is 36.4 Å². The van der Waals surface area contributed by atoms with E-state index >= 15 is 0 Å². The lowest BCUT2D eigenvalue weighted by molar-refractivity contribution is 0.0976. The number of nitrogens with zero attached hydrogens (tertiary/aromatic N) is 1. The van der Waals surface area contributed by atoms with Gasteiger partial charge >= 0.3 is 6.03 Å². The molecule has 1 aliphatic heterocycles. The number of rotatable bonds is 7. The second kappa shape index (κ2) is 10.0. The first kappa shape index (κ1) is 25.2. The average Bonchev–Trinajstić information content (AvgIpc) is 3.17. The third kappa shape index (κ3) is 4.81. The molecule has 2 fully saturated rings. The van der Waals surface area contributed by atoms with E-state index in [-0.39, 0.29) is 22.7 Å². The number of likely N-dealkylation sites (N-methyl/N-ethyl adjacent to an activating group) is 1. The summed E-state index contributed by atoms with van der Waals surface area (Å²) < 4.78 is 37.9. The summed E-state index contributed by atoms with van der Waals surface area (Å²) in [6, 6.07) is 9.42. The van der Waals surface area contributed by atoms with Gasteiger partial charge in [-0.15, -0.1) is 0 Å². The number of methoxy groups -OCH3 is 2. The second-order valence-electron chi connectivity index (χ2n) is 9.91. The van der Waals surface area contributed by atoms with Gasteiger partial charge in [-0.05, 0) is 75.5 Å². The molecule has 2 amide bonds. The molecule has 2 aliphatic rings. The molecule has 2 aromatic rings. The van der Waals surface area contributed by atoms with E-state index in [4.69, 9.17) is 9.47 Å². The topological polar surface area (TPSA) is 62.8 Å². The van der Waals surface area contributed by atoms with Gasteiger partial charge in [0.15, 0.2) is 23.1 Å². The third-order valence-electron chi connectivity index (χ3n) is 7.96. The van der Waals surface area contributed by atoms with Gasteiger partial charge in [-0.25, -0.2) is 13.6 Å². The third-order valence-corrected chi connectivity index (χ3v) is 7.96. The summed E-state index contributed by atoms with van der Waals surface area (Å²) in [5.41, 5.74) is 1.03. The van der Waals surface area contributed by atoms with Gasteiger partial charge in [-0.1, -0.05) is 19.4 Å². The average molecular weight is 488 g/mol. The SMILES string of the molecule is CCC[C@]1(NC(=O)Nc2ccc(F)c(F)c2)CC[C@@]2(c3ccc(OC)c(OC)c3)CCN(C)[C@H]2C1. The number of halogens is 2. The Morgan fingerprint density at radius 3 is 2.51 bits per heavy atom. The van der Waals surface area contributed by atoms with E-state index < -0.39 is 17.7 Å². The van der Waals surface area contributed by atoms with E-state index in [1.54, 1.807) is 14.2 Å². The van der Waals surface area contributed by atoms with Gasteiger partial charge in [0.2, 0.25) is 0 Å². The van der Waals surface area contributed by atoms with Gasteiger partial charge < -0.3 is 25.0 Å². The number of carbonyl (C=O) groups is 1. The number of fused-ring (bicyclic) bond motifs is 1. The highest BCUT2D eigenvalue weighted by molar-refractivity contribution is 5.89. The highest BCUT2D eigenvalue weighted by atomic mass is 19.2. The number of benzene rings is 2. The van der Waals surface area contributed by atoms with E-state index in [2.05, 4.69) is 41.6 Å². The summed E-state index contributed by atoms with van der Waals surface area (Å²) in [6.07, 6.45) is 5.34. The maximum absolute atomic E-state index is 13.6. The minimum atomic E-state index is -0.990. The molecule has 0 aromatic heterocycles. The molecule has 4 rings (SSSR count). The summed E-state index contributed by atoms with van der Waals surface area (Å²) in [6.45, 7) is 3.09. The smallest absolute Gasteiger partial charge is 0.319 e. The maximum atomic E-state index is 13.6. The number of ether oxygens (including phenoxy) is 2.